The summed E-state index contributed by atoms with van der Waals surface area (Å²) >= 11 is 0. The fourth-order valence-electron chi connectivity index (χ4n) is 2.88. The lowest BCUT2D eigenvalue weighted by atomic mass is 9.85. The van der Waals surface area contributed by atoms with E-state index in [1.54, 1.807) is 12.8 Å². The van der Waals surface area contributed by atoms with Gasteiger partial charge < -0.3 is 0 Å². The van der Waals surface area contributed by atoms with E-state index in [2.05, 4.69) is 27.7 Å². The molecule has 0 aromatic rings. The van der Waals surface area contributed by atoms with Crippen molar-refractivity contribution in [1.29, 1.82) is 0 Å². The molecule has 1 aliphatic carbocycles. The van der Waals surface area contributed by atoms with Crippen LogP contribution in [0.2, 0.25) is 0 Å². The van der Waals surface area contributed by atoms with Crippen molar-refractivity contribution in [1.82, 2.24) is 0 Å². The van der Waals surface area contributed by atoms with Crippen LogP contribution >= 0.6 is 17.2 Å². The van der Waals surface area contributed by atoms with Gasteiger partial charge in [0.1, 0.15) is 0 Å². The van der Waals surface area contributed by atoms with Gasteiger partial charge in [-0.1, -0.05) is 59.8 Å². The second kappa shape index (κ2) is 12.9. The number of rotatable bonds is 7. The van der Waals surface area contributed by atoms with Gasteiger partial charge in [0.15, 0.2) is 0 Å². The summed E-state index contributed by atoms with van der Waals surface area (Å²) < 4.78 is 0. The van der Waals surface area contributed by atoms with Crippen LogP contribution in [0.5, 0.6) is 0 Å². The molecule has 1 aliphatic rings. The van der Waals surface area contributed by atoms with Crippen LogP contribution < -0.4 is 0 Å². The molecule has 1 rings (SSSR count). The lowest BCUT2D eigenvalue weighted by molar-refractivity contribution is 0.366. The van der Waals surface area contributed by atoms with Crippen LogP contribution in [-0.2, 0) is 0 Å². The summed E-state index contributed by atoms with van der Waals surface area (Å²) in [5.41, 5.74) is 0. The van der Waals surface area contributed by atoms with Crippen LogP contribution in [0.25, 0.3) is 0 Å². The normalized spacial score (nSPS) is 18.7. The van der Waals surface area contributed by atoms with E-state index < -0.39 is 0 Å². The van der Waals surface area contributed by atoms with Crippen LogP contribution in [-0.4, -0.2) is 23.6 Å². The zero-order valence-corrected chi connectivity index (χ0v) is 15.3. The lowest BCUT2D eigenvalue weighted by Crippen LogP contribution is -2.26. The first-order chi connectivity index (χ1) is 8.74. The van der Waals surface area contributed by atoms with Crippen LogP contribution in [0, 0.1) is 0 Å². The number of unbranched alkanes of at least 4 members (excludes halogenated alkanes) is 1. The third-order valence-corrected chi connectivity index (χ3v) is 6.72. The summed E-state index contributed by atoms with van der Waals surface area (Å²) in [6.45, 7) is 9.14. The van der Waals surface area contributed by atoms with Crippen molar-refractivity contribution >= 4 is 17.2 Å². The van der Waals surface area contributed by atoms with Gasteiger partial charge in [0.25, 0.3) is 0 Å². The molecule has 0 spiro atoms. The highest BCUT2D eigenvalue weighted by molar-refractivity contribution is 7.40. The summed E-state index contributed by atoms with van der Waals surface area (Å²) in [6.07, 6.45) is 16.1. The van der Waals surface area contributed by atoms with E-state index in [9.17, 15) is 0 Å². The number of hydrogen-bond acceptors (Lipinski definition) is 0. The summed E-state index contributed by atoms with van der Waals surface area (Å²) in [5, 5.41) is 0.809. The van der Waals surface area contributed by atoms with Crippen molar-refractivity contribution in [3.05, 3.63) is 0 Å². The molecular weight excluding hydrogens is 254 g/mol. The van der Waals surface area contributed by atoms with Gasteiger partial charge in [0.2, 0.25) is 0 Å². The Morgan fingerprint density at radius 2 is 1.44 bits per heavy atom. The molecule has 0 N–H and O–H groups in total. The van der Waals surface area contributed by atoms with E-state index in [4.69, 9.17) is 0 Å². The van der Waals surface area contributed by atoms with E-state index in [0.717, 1.165) is 5.16 Å². The lowest BCUT2D eigenvalue weighted by Gasteiger charge is -2.37. The average Bonchev–Trinajstić information content (AvgIpc) is 2.40. The predicted molar refractivity (Wildman–Crippen MR) is 93.6 cm³/mol. The molecule has 2 heteroatoms. The van der Waals surface area contributed by atoms with Gasteiger partial charge in [-0.2, -0.15) is 0 Å². The van der Waals surface area contributed by atoms with E-state index >= 15 is 0 Å². The quantitative estimate of drug-likeness (QED) is 0.484. The summed E-state index contributed by atoms with van der Waals surface area (Å²) in [6, 6.07) is 0. The molecule has 0 aromatic carbocycles. The third kappa shape index (κ3) is 8.87. The Balaban J connectivity index is 0.000000494. The molecular formula is C16H36P2. The highest BCUT2D eigenvalue weighted by Crippen LogP contribution is 2.47. The minimum Gasteiger partial charge on any atom is -0.123 e. The van der Waals surface area contributed by atoms with E-state index in [-0.39, 0.29) is 0 Å². The minimum absolute atomic E-state index is 0.809. The smallest absolute Gasteiger partial charge is 0.0122 e. The van der Waals surface area contributed by atoms with Gasteiger partial charge in [-0.3, -0.25) is 0 Å². The van der Waals surface area contributed by atoms with Gasteiger partial charge in [-0.15, -0.1) is 17.2 Å². The monoisotopic (exact) mass is 290 g/mol. The SMILES string of the molecule is CCCCC1(PCC)CCCCC1.CCPCC. The van der Waals surface area contributed by atoms with Crippen molar-refractivity contribution in [3.63, 3.8) is 0 Å². The Kier molecular flexibility index (Phi) is 13.5. The van der Waals surface area contributed by atoms with Gasteiger partial charge in [-0.25, -0.2) is 0 Å². The van der Waals surface area contributed by atoms with Crippen molar-refractivity contribution < 1.29 is 0 Å². The molecule has 0 amide bonds. The van der Waals surface area contributed by atoms with Crippen LogP contribution in [0.3, 0.4) is 0 Å². The summed E-state index contributed by atoms with van der Waals surface area (Å²) in [5.74, 6) is 0. The van der Waals surface area contributed by atoms with Crippen molar-refractivity contribution in [2.75, 3.05) is 18.5 Å². The van der Waals surface area contributed by atoms with E-state index in [1.807, 2.05) is 0 Å². The molecule has 0 radical (unpaired) electrons. The fraction of sp³-hybridized carbons (Fsp3) is 1.00. The van der Waals surface area contributed by atoms with Crippen molar-refractivity contribution in [2.24, 2.45) is 0 Å². The molecule has 0 saturated heterocycles. The Morgan fingerprint density at radius 3 is 1.83 bits per heavy atom. The maximum Gasteiger partial charge on any atom is -0.0122 e. The Morgan fingerprint density at radius 1 is 0.833 bits per heavy atom. The minimum atomic E-state index is 0.809. The van der Waals surface area contributed by atoms with E-state index in [1.165, 1.54) is 74.2 Å². The second-order valence-electron chi connectivity index (χ2n) is 5.43. The molecule has 1 saturated carbocycles. The highest BCUT2D eigenvalue weighted by atomic mass is 31.1. The molecule has 1 atom stereocenters. The van der Waals surface area contributed by atoms with Gasteiger partial charge in [0, 0.05) is 0 Å². The maximum absolute atomic E-state index is 2.36. The topological polar surface area (TPSA) is 0 Å². The van der Waals surface area contributed by atoms with Crippen LogP contribution in [0.1, 0.15) is 79.1 Å². The molecule has 0 bridgehead atoms. The summed E-state index contributed by atoms with van der Waals surface area (Å²) in [4.78, 5) is 0. The van der Waals surface area contributed by atoms with Crippen molar-refractivity contribution in [2.45, 2.75) is 84.2 Å². The molecule has 0 aliphatic heterocycles. The molecule has 0 aromatic heterocycles. The Labute approximate surface area is 120 Å². The zero-order chi connectivity index (χ0) is 13.7. The Bertz CT molecular complexity index is 155. The van der Waals surface area contributed by atoms with E-state index in [0.29, 0.717) is 0 Å². The molecule has 0 heterocycles. The fourth-order valence-corrected chi connectivity index (χ4v) is 5.19. The molecule has 0 nitrogen and oxygen atoms in total. The predicted octanol–water partition coefficient (Wildman–Crippen LogP) is 6.28. The zero-order valence-electron chi connectivity index (χ0n) is 13.3. The Hall–Kier alpha value is 0.860. The average molecular weight is 290 g/mol. The largest absolute Gasteiger partial charge is 0.123 e. The first kappa shape index (κ1) is 18.9. The van der Waals surface area contributed by atoms with Gasteiger partial charge in [0.05, 0.1) is 0 Å². The maximum atomic E-state index is 2.36. The van der Waals surface area contributed by atoms with Crippen LogP contribution in [0.4, 0.5) is 0 Å². The second-order valence-corrected chi connectivity index (χ2v) is 9.47. The molecule has 110 valence electrons. The highest BCUT2D eigenvalue weighted by Gasteiger charge is 2.29. The van der Waals surface area contributed by atoms with Gasteiger partial charge in [-0.05, 0) is 42.9 Å². The van der Waals surface area contributed by atoms with Gasteiger partial charge >= 0.3 is 0 Å². The third-order valence-electron chi connectivity index (χ3n) is 3.87. The molecule has 1 unspecified atom stereocenters. The molecule has 1 fully saturated rings. The number of hydrogen-bond donors (Lipinski definition) is 0. The first-order valence-electron chi connectivity index (χ1n) is 8.20. The first-order valence-corrected chi connectivity index (χ1v) is 10.8. The summed E-state index contributed by atoms with van der Waals surface area (Å²) in [7, 11) is 2.44. The standard InChI is InChI=1S/C12H25P.C4H11P/c1-3-5-9-12(13-4-2)10-7-6-8-11-12;1-3-5-4-2/h13H,3-11H2,1-2H3;5H,3-4H2,1-2H3. The molecule has 18 heavy (non-hydrogen) atoms. The van der Waals surface area contributed by atoms with Crippen LogP contribution in [0.15, 0.2) is 0 Å². The van der Waals surface area contributed by atoms with Crippen molar-refractivity contribution in [3.8, 4) is 0 Å².